The monoisotopic (exact) mass is 631 g/mol. The number of halogens is 2. The molecule has 2 heterocycles. The van der Waals surface area contributed by atoms with Crippen LogP contribution in [-0.4, -0.2) is 15.9 Å². The molecule has 0 spiro atoms. The molecule has 0 aliphatic heterocycles. The number of rotatable bonds is 6. The number of para-hydroxylation sites is 1. The number of benzene rings is 4. The predicted octanol–water partition coefficient (Wildman–Crippen LogP) is 7.53. The van der Waals surface area contributed by atoms with E-state index in [1.807, 2.05) is 60.7 Å². The first-order valence-corrected chi connectivity index (χ1v) is 13.2. The highest BCUT2D eigenvalue weighted by Gasteiger charge is 2.16. The van der Waals surface area contributed by atoms with Crippen LogP contribution in [0.25, 0.3) is 33.5 Å². The molecule has 6 rings (SSSR count). The zero-order valence-corrected chi connectivity index (χ0v) is 22.8. The van der Waals surface area contributed by atoms with Crippen LogP contribution in [0.4, 0.5) is 0 Å². The Kier molecular flexibility index (Phi) is 6.70. The number of aromatic nitrogens is 2. The maximum Gasteiger partial charge on any atom is 0.282 e. The van der Waals surface area contributed by atoms with Crippen molar-refractivity contribution in [1.82, 2.24) is 9.66 Å². The molecule has 38 heavy (non-hydrogen) atoms. The van der Waals surface area contributed by atoms with Crippen molar-refractivity contribution in [3.05, 3.63) is 127 Å². The molecule has 2 aromatic heterocycles. The van der Waals surface area contributed by atoms with Gasteiger partial charge in [-0.25, -0.2) is 4.98 Å². The molecular formula is C30H19ClIN3O3. The van der Waals surface area contributed by atoms with E-state index in [2.05, 4.69) is 27.7 Å². The molecule has 6 aromatic rings. The maximum atomic E-state index is 13.5. The van der Waals surface area contributed by atoms with Crippen molar-refractivity contribution in [2.24, 2.45) is 5.10 Å². The number of ether oxygens (including phenoxy) is 1. The number of hydrogen-bond donors (Lipinski definition) is 0. The van der Waals surface area contributed by atoms with Gasteiger partial charge in [0.05, 0.1) is 20.7 Å². The molecule has 0 fully saturated rings. The van der Waals surface area contributed by atoms with Crippen molar-refractivity contribution in [3.63, 3.8) is 0 Å². The minimum atomic E-state index is -0.294. The second-order valence-corrected chi connectivity index (χ2v) is 10.2. The molecule has 186 valence electrons. The van der Waals surface area contributed by atoms with Crippen molar-refractivity contribution >= 4 is 62.3 Å². The van der Waals surface area contributed by atoms with E-state index in [-0.39, 0.29) is 5.56 Å². The third kappa shape index (κ3) is 4.94. The fraction of sp³-hybridized carbons (Fsp3) is 0.0333. The van der Waals surface area contributed by atoms with E-state index in [4.69, 9.17) is 25.7 Å². The molecule has 0 N–H and O–H groups in total. The van der Waals surface area contributed by atoms with Gasteiger partial charge in [-0.2, -0.15) is 9.78 Å². The van der Waals surface area contributed by atoms with Crippen molar-refractivity contribution in [3.8, 4) is 17.3 Å². The van der Waals surface area contributed by atoms with Gasteiger partial charge in [0.15, 0.2) is 5.76 Å². The van der Waals surface area contributed by atoms with Gasteiger partial charge in [0.25, 0.3) is 5.56 Å². The van der Waals surface area contributed by atoms with Gasteiger partial charge in [-0.1, -0.05) is 54.1 Å². The summed E-state index contributed by atoms with van der Waals surface area (Å²) in [5.41, 5.74) is 2.81. The highest BCUT2D eigenvalue weighted by molar-refractivity contribution is 14.1. The Bertz CT molecular complexity index is 1880. The van der Waals surface area contributed by atoms with E-state index < -0.39 is 0 Å². The second kappa shape index (κ2) is 10.4. The third-order valence-corrected chi connectivity index (χ3v) is 7.05. The fourth-order valence-corrected chi connectivity index (χ4v) is 4.96. The van der Waals surface area contributed by atoms with Crippen LogP contribution in [-0.2, 0) is 6.61 Å². The first kappa shape index (κ1) is 24.4. The standard InChI is InChI=1S/C30H19ClIN3O3/c31-22-11-13-26-21(15-22)16-28(38-26)29-34-25-9-5-4-8-23(25)30(36)35(29)33-17-20-10-12-27(24(32)14-20)37-18-19-6-2-1-3-7-19/h1-17H,18H2. The van der Waals surface area contributed by atoms with Crippen LogP contribution in [0.3, 0.4) is 0 Å². The highest BCUT2D eigenvalue weighted by atomic mass is 127. The quantitative estimate of drug-likeness (QED) is 0.141. The van der Waals surface area contributed by atoms with E-state index in [1.54, 1.807) is 42.6 Å². The molecule has 4 aromatic carbocycles. The lowest BCUT2D eigenvalue weighted by Crippen LogP contribution is -2.20. The summed E-state index contributed by atoms with van der Waals surface area (Å²) < 4.78 is 14.2. The fourth-order valence-electron chi connectivity index (χ4n) is 4.09. The molecule has 0 aliphatic rings. The minimum absolute atomic E-state index is 0.294. The topological polar surface area (TPSA) is 69.6 Å². The average molecular weight is 632 g/mol. The SMILES string of the molecule is O=c1c2ccccc2nc(-c2cc3cc(Cl)ccc3o2)n1N=Cc1ccc(OCc2ccccc2)c(I)c1. The van der Waals surface area contributed by atoms with Gasteiger partial charge in [-0.3, -0.25) is 4.79 Å². The Morgan fingerprint density at radius 3 is 2.63 bits per heavy atom. The minimum Gasteiger partial charge on any atom is -0.488 e. The highest BCUT2D eigenvalue weighted by Crippen LogP contribution is 2.29. The number of fused-ring (bicyclic) bond motifs is 2. The van der Waals surface area contributed by atoms with Gasteiger partial charge < -0.3 is 9.15 Å². The van der Waals surface area contributed by atoms with Crippen LogP contribution < -0.4 is 10.3 Å². The number of nitrogens with zero attached hydrogens (tertiary/aromatic N) is 3. The molecule has 0 atom stereocenters. The van der Waals surface area contributed by atoms with E-state index in [0.717, 1.165) is 25.8 Å². The van der Waals surface area contributed by atoms with Crippen molar-refractivity contribution < 1.29 is 9.15 Å². The summed E-state index contributed by atoms with van der Waals surface area (Å²) in [4.78, 5) is 18.2. The van der Waals surface area contributed by atoms with Gasteiger partial charge >= 0.3 is 0 Å². The molecular weight excluding hydrogens is 613 g/mol. The van der Waals surface area contributed by atoms with Crippen molar-refractivity contribution in [2.75, 3.05) is 0 Å². The lowest BCUT2D eigenvalue weighted by molar-refractivity contribution is 0.304. The van der Waals surface area contributed by atoms with Crippen LogP contribution in [0.5, 0.6) is 5.75 Å². The summed E-state index contributed by atoms with van der Waals surface area (Å²) in [5, 5.41) is 6.41. The zero-order chi connectivity index (χ0) is 26.1. The first-order chi connectivity index (χ1) is 18.5. The average Bonchev–Trinajstić information content (AvgIpc) is 3.35. The molecule has 0 saturated heterocycles. The van der Waals surface area contributed by atoms with Crippen LogP contribution in [0.2, 0.25) is 5.02 Å². The Labute approximate surface area is 236 Å². The first-order valence-electron chi connectivity index (χ1n) is 11.8. The molecule has 0 radical (unpaired) electrons. The smallest absolute Gasteiger partial charge is 0.282 e. The maximum absolute atomic E-state index is 13.5. The summed E-state index contributed by atoms with van der Waals surface area (Å²) in [6.07, 6.45) is 1.63. The lowest BCUT2D eigenvalue weighted by atomic mass is 10.2. The van der Waals surface area contributed by atoms with Gasteiger partial charge in [-0.15, -0.1) is 0 Å². The van der Waals surface area contributed by atoms with Crippen LogP contribution >= 0.6 is 34.2 Å². The third-order valence-electron chi connectivity index (χ3n) is 5.97. The Balaban J connectivity index is 1.37. The number of furan rings is 1. The Morgan fingerprint density at radius 2 is 1.79 bits per heavy atom. The summed E-state index contributed by atoms with van der Waals surface area (Å²) in [5.74, 6) is 1.49. The summed E-state index contributed by atoms with van der Waals surface area (Å²) in [6.45, 7) is 0.481. The molecule has 0 aliphatic carbocycles. The molecule has 0 saturated carbocycles. The molecule has 6 nitrogen and oxygen atoms in total. The summed E-state index contributed by atoms with van der Waals surface area (Å²) in [7, 11) is 0. The van der Waals surface area contributed by atoms with Gasteiger partial charge in [-0.05, 0) is 88.3 Å². The van der Waals surface area contributed by atoms with Crippen LogP contribution in [0.1, 0.15) is 11.1 Å². The van der Waals surface area contributed by atoms with Crippen LogP contribution in [0.15, 0.2) is 111 Å². The van der Waals surface area contributed by atoms with Crippen molar-refractivity contribution in [2.45, 2.75) is 6.61 Å². The van der Waals surface area contributed by atoms with Crippen LogP contribution in [0, 0.1) is 3.57 Å². The number of hydrogen-bond acceptors (Lipinski definition) is 5. The van der Waals surface area contributed by atoms with E-state index in [0.29, 0.717) is 39.7 Å². The Morgan fingerprint density at radius 1 is 0.974 bits per heavy atom. The molecule has 8 heteroatoms. The van der Waals surface area contributed by atoms with Gasteiger partial charge in [0.2, 0.25) is 5.82 Å². The van der Waals surface area contributed by atoms with E-state index in [1.165, 1.54) is 4.68 Å². The lowest BCUT2D eigenvalue weighted by Gasteiger charge is -2.09. The second-order valence-electron chi connectivity index (χ2n) is 8.57. The zero-order valence-electron chi connectivity index (χ0n) is 19.8. The van der Waals surface area contributed by atoms with Gasteiger partial charge in [0, 0.05) is 10.4 Å². The largest absolute Gasteiger partial charge is 0.488 e. The summed E-state index contributed by atoms with van der Waals surface area (Å²) in [6, 6.07) is 30.1. The molecule has 0 unspecified atom stereocenters. The molecule has 0 amide bonds. The van der Waals surface area contributed by atoms with Gasteiger partial charge in [0.1, 0.15) is 17.9 Å². The Hall–Kier alpha value is -3.95. The summed E-state index contributed by atoms with van der Waals surface area (Å²) >= 11 is 8.39. The van der Waals surface area contributed by atoms with E-state index >= 15 is 0 Å². The normalized spacial score (nSPS) is 11.5. The molecule has 0 bridgehead atoms. The predicted molar refractivity (Wildman–Crippen MR) is 159 cm³/mol. The van der Waals surface area contributed by atoms with Crippen molar-refractivity contribution in [1.29, 1.82) is 0 Å². The van der Waals surface area contributed by atoms with E-state index in [9.17, 15) is 4.79 Å².